The van der Waals surface area contributed by atoms with E-state index in [1.54, 1.807) is 30.3 Å². The normalized spacial score (nSPS) is 14.5. The molecule has 5 rings (SSSR count). The molecule has 4 aromatic rings. The molecular weight excluding hydrogens is 660 g/mol. The van der Waals surface area contributed by atoms with Crippen LogP contribution in [-0.4, -0.2) is 26.3 Å². The lowest BCUT2D eigenvalue weighted by Gasteiger charge is -2.26. The first kappa shape index (κ1) is 30.0. The molecule has 0 spiro atoms. The Bertz CT molecular complexity index is 1880. The Balaban J connectivity index is 1.33. The largest absolute Gasteiger partial charge is 0.489 e. The van der Waals surface area contributed by atoms with Gasteiger partial charge < -0.3 is 8.92 Å². The van der Waals surface area contributed by atoms with Crippen molar-refractivity contribution in [3.05, 3.63) is 123 Å². The van der Waals surface area contributed by atoms with Gasteiger partial charge in [-0.1, -0.05) is 53.6 Å². The van der Waals surface area contributed by atoms with Crippen LogP contribution >= 0.6 is 27.5 Å². The molecule has 0 atom stereocenters. The zero-order valence-corrected chi connectivity index (χ0v) is 25.6. The number of rotatable bonds is 8. The Kier molecular flexibility index (Phi) is 8.67. The lowest BCUT2D eigenvalue weighted by Crippen LogP contribution is -2.54. The summed E-state index contributed by atoms with van der Waals surface area (Å²) >= 11 is 9.46. The summed E-state index contributed by atoms with van der Waals surface area (Å²) in [6.45, 7) is 2.06. The van der Waals surface area contributed by atoms with Crippen molar-refractivity contribution in [1.82, 2.24) is 5.32 Å². The van der Waals surface area contributed by atoms with Crippen LogP contribution in [0.3, 0.4) is 0 Å². The molecule has 43 heavy (non-hydrogen) atoms. The SMILES string of the molecule is Cc1ccc(S(=O)(=O)Oc2ccc(/C=C3\C(=O)NC(=O)N(c4ccc(OCc5ccccc5Cl)cc4)C3=O)cc2Br)cc1. The fraction of sp³-hybridized carbons (Fsp3) is 0.0645. The van der Waals surface area contributed by atoms with E-state index in [-0.39, 0.29) is 33.0 Å². The highest BCUT2D eigenvalue weighted by Crippen LogP contribution is 2.31. The fourth-order valence-electron chi connectivity index (χ4n) is 4.07. The van der Waals surface area contributed by atoms with Crippen molar-refractivity contribution in [1.29, 1.82) is 0 Å². The third-order valence-electron chi connectivity index (χ3n) is 6.32. The van der Waals surface area contributed by atoms with Crippen LogP contribution in [0.5, 0.6) is 11.5 Å². The van der Waals surface area contributed by atoms with E-state index in [0.29, 0.717) is 16.3 Å². The molecular formula is C31H22BrClN2O7S. The maximum atomic E-state index is 13.3. The topological polar surface area (TPSA) is 119 Å². The second-order valence-electron chi connectivity index (χ2n) is 9.37. The lowest BCUT2D eigenvalue weighted by atomic mass is 10.1. The zero-order valence-electron chi connectivity index (χ0n) is 22.4. The molecule has 4 aromatic carbocycles. The number of hydrogen-bond acceptors (Lipinski definition) is 7. The van der Waals surface area contributed by atoms with Crippen LogP contribution < -0.4 is 19.1 Å². The summed E-state index contributed by atoms with van der Waals surface area (Å²) in [5.74, 6) is -1.21. The molecule has 9 nitrogen and oxygen atoms in total. The van der Waals surface area contributed by atoms with Gasteiger partial charge in [-0.05, 0) is 89.1 Å². The second-order valence-corrected chi connectivity index (χ2v) is 12.2. The van der Waals surface area contributed by atoms with Gasteiger partial charge in [0.15, 0.2) is 5.75 Å². The first-order valence-electron chi connectivity index (χ1n) is 12.7. The van der Waals surface area contributed by atoms with Gasteiger partial charge in [0.2, 0.25) is 0 Å². The lowest BCUT2D eigenvalue weighted by molar-refractivity contribution is -0.122. The molecule has 0 saturated carbocycles. The third-order valence-corrected chi connectivity index (χ3v) is 8.56. The number of nitrogens with one attached hydrogen (secondary N) is 1. The second kappa shape index (κ2) is 12.4. The van der Waals surface area contributed by atoms with E-state index in [0.717, 1.165) is 16.0 Å². The Morgan fingerprint density at radius 1 is 0.930 bits per heavy atom. The minimum atomic E-state index is -4.10. The van der Waals surface area contributed by atoms with E-state index in [1.807, 2.05) is 25.1 Å². The quantitative estimate of drug-likeness (QED) is 0.129. The maximum absolute atomic E-state index is 13.3. The van der Waals surface area contributed by atoms with Gasteiger partial charge >= 0.3 is 16.1 Å². The molecule has 1 saturated heterocycles. The monoisotopic (exact) mass is 680 g/mol. The maximum Gasteiger partial charge on any atom is 0.339 e. The number of hydrogen-bond donors (Lipinski definition) is 1. The summed E-state index contributed by atoms with van der Waals surface area (Å²) in [6.07, 6.45) is 1.29. The smallest absolute Gasteiger partial charge is 0.339 e. The molecule has 1 N–H and O–H groups in total. The van der Waals surface area contributed by atoms with E-state index in [4.69, 9.17) is 20.5 Å². The third kappa shape index (κ3) is 6.80. The van der Waals surface area contributed by atoms with Gasteiger partial charge in [-0.15, -0.1) is 0 Å². The standard InChI is InChI=1S/C31H22BrClN2O7S/c1-19-6-13-24(14-7-19)43(39,40)42-28-15-8-20(17-26(28)32)16-25-29(36)34-31(38)35(30(25)37)22-9-11-23(12-10-22)41-18-21-4-2-3-5-27(21)33/h2-17H,18H2,1H3,(H,34,36,38)/b25-16+. The zero-order chi connectivity index (χ0) is 30.7. The van der Waals surface area contributed by atoms with Crippen molar-refractivity contribution in [2.45, 2.75) is 18.4 Å². The summed E-state index contributed by atoms with van der Waals surface area (Å²) in [7, 11) is -4.10. The molecule has 218 valence electrons. The van der Waals surface area contributed by atoms with E-state index in [9.17, 15) is 22.8 Å². The molecule has 4 amide bonds. The van der Waals surface area contributed by atoms with E-state index in [1.165, 1.54) is 48.5 Å². The number of barbiturate groups is 1. The molecule has 0 aromatic heterocycles. The van der Waals surface area contributed by atoms with Crippen molar-refractivity contribution < 1.29 is 31.7 Å². The van der Waals surface area contributed by atoms with Crippen molar-refractivity contribution in [2.75, 3.05) is 4.90 Å². The Hall–Kier alpha value is -4.45. The summed E-state index contributed by atoms with van der Waals surface area (Å²) in [5, 5.41) is 2.74. The summed E-state index contributed by atoms with van der Waals surface area (Å²) < 4.78 is 36.7. The average Bonchev–Trinajstić information content (AvgIpc) is 2.97. The highest BCUT2D eigenvalue weighted by atomic mass is 79.9. The number of ether oxygens (including phenoxy) is 1. The molecule has 0 bridgehead atoms. The fourth-order valence-corrected chi connectivity index (χ4v) is 5.79. The number of benzene rings is 4. The summed E-state index contributed by atoms with van der Waals surface area (Å²) in [4.78, 5) is 39.4. The number of carbonyl (C=O) groups excluding carboxylic acids is 3. The van der Waals surface area contributed by atoms with Crippen LogP contribution in [0.15, 0.2) is 106 Å². The highest BCUT2D eigenvalue weighted by molar-refractivity contribution is 9.10. The molecule has 1 fully saturated rings. The van der Waals surface area contributed by atoms with E-state index in [2.05, 4.69) is 21.2 Å². The first-order chi connectivity index (χ1) is 20.5. The molecule has 12 heteroatoms. The van der Waals surface area contributed by atoms with Crippen LogP contribution in [0.25, 0.3) is 6.08 Å². The molecule has 1 aliphatic heterocycles. The van der Waals surface area contributed by atoms with Crippen LogP contribution in [0, 0.1) is 6.92 Å². The van der Waals surface area contributed by atoms with Crippen LogP contribution in [0.4, 0.5) is 10.5 Å². The number of nitrogens with zero attached hydrogens (tertiary/aromatic N) is 1. The predicted molar refractivity (Wildman–Crippen MR) is 164 cm³/mol. The van der Waals surface area contributed by atoms with Gasteiger partial charge in [-0.25, -0.2) is 9.69 Å². The molecule has 0 radical (unpaired) electrons. The van der Waals surface area contributed by atoms with Crippen molar-refractivity contribution >= 4 is 67.3 Å². The van der Waals surface area contributed by atoms with Gasteiger partial charge in [0.25, 0.3) is 11.8 Å². The van der Waals surface area contributed by atoms with Crippen LogP contribution in [0.2, 0.25) is 5.02 Å². The Labute approximate surface area is 260 Å². The Morgan fingerprint density at radius 3 is 2.30 bits per heavy atom. The van der Waals surface area contributed by atoms with E-state index >= 15 is 0 Å². The highest BCUT2D eigenvalue weighted by Gasteiger charge is 2.37. The minimum Gasteiger partial charge on any atom is -0.489 e. The number of halogens is 2. The number of aryl methyl sites for hydroxylation is 1. The first-order valence-corrected chi connectivity index (χ1v) is 15.3. The van der Waals surface area contributed by atoms with Gasteiger partial charge in [-0.2, -0.15) is 8.42 Å². The number of carbonyl (C=O) groups is 3. The number of anilines is 1. The van der Waals surface area contributed by atoms with Crippen molar-refractivity contribution in [3.63, 3.8) is 0 Å². The predicted octanol–water partition coefficient (Wildman–Crippen LogP) is 6.42. The summed E-state index contributed by atoms with van der Waals surface area (Å²) in [5.41, 5.74) is 1.99. The molecule has 0 aliphatic carbocycles. The van der Waals surface area contributed by atoms with E-state index < -0.39 is 28.0 Å². The van der Waals surface area contributed by atoms with Gasteiger partial charge in [0.05, 0.1) is 10.2 Å². The minimum absolute atomic E-state index is 0.00869. The summed E-state index contributed by atoms with van der Waals surface area (Å²) in [6, 6.07) is 23.1. The average molecular weight is 682 g/mol. The Morgan fingerprint density at radius 2 is 1.63 bits per heavy atom. The number of imide groups is 2. The number of urea groups is 1. The molecule has 1 aliphatic rings. The van der Waals surface area contributed by atoms with Crippen molar-refractivity contribution in [2.24, 2.45) is 0 Å². The van der Waals surface area contributed by atoms with Crippen LogP contribution in [-0.2, 0) is 26.3 Å². The van der Waals surface area contributed by atoms with Gasteiger partial charge in [0, 0.05) is 10.6 Å². The number of amides is 4. The molecule has 1 heterocycles. The van der Waals surface area contributed by atoms with Gasteiger partial charge in [0.1, 0.15) is 22.8 Å². The van der Waals surface area contributed by atoms with Crippen LogP contribution in [0.1, 0.15) is 16.7 Å². The van der Waals surface area contributed by atoms with Gasteiger partial charge in [-0.3, -0.25) is 14.9 Å². The molecule has 0 unspecified atom stereocenters. The van der Waals surface area contributed by atoms with Crippen molar-refractivity contribution in [3.8, 4) is 11.5 Å².